The van der Waals surface area contributed by atoms with Crippen LogP contribution in [0.1, 0.15) is 25.3 Å². The highest BCUT2D eigenvalue weighted by Gasteiger charge is 2.09. The lowest BCUT2D eigenvalue weighted by Crippen LogP contribution is -2.27. The molecule has 0 aliphatic carbocycles. The zero-order valence-electron chi connectivity index (χ0n) is 9.61. The summed E-state index contributed by atoms with van der Waals surface area (Å²) in [5.41, 5.74) is 1.20. The first-order valence-corrected chi connectivity index (χ1v) is 5.60. The molecule has 1 unspecified atom stereocenters. The van der Waals surface area contributed by atoms with Gasteiger partial charge in [0.15, 0.2) is 0 Å². The molecule has 1 aromatic carbocycles. The molecule has 0 amide bonds. The molecule has 2 nitrogen and oxygen atoms in total. The quantitative estimate of drug-likeness (QED) is 0.748. The molecule has 1 aromatic rings. The molecule has 2 N–H and O–H groups in total. The Morgan fingerprint density at radius 2 is 1.80 bits per heavy atom. The molecular weight excluding hydrogens is 186 g/mol. The minimum absolute atomic E-state index is 0.203. The van der Waals surface area contributed by atoms with Crippen molar-refractivity contribution in [2.75, 3.05) is 19.7 Å². The molecule has 84 valence electrons. The van der Waals surface area contributed by atoms with Gasteiger partial charge < -0.3 is 10.4 Å². The van der Waals surface area contributed by atoms with Crippen LogP contribution in [0.4, 0.5) is 0 Å². The first-order chi connectivity index (χ1) is 7.24. The Morgan fingerprint density at radius 1 is 1.13 bits per heavy atom. The molecule has 0 aromatic heterocycles. The molecule has 2 heteroatoms. The lowest BCUT2D eigenvalue weighted by Gasteiger charge is -2.16. The Morgan fingerprint density at radius 3 is 2.33 bits per heavy atom. The van der Waals surface area contributed by atoms with E-state index in [0.717, 1.165) is 13.1 Å². The summed E-state index contributed by atoms with van der Waals surface area (Å²) in [4.78, 5) is 0. The van der Waals surface area contributed by atoms with E-state index in [1.165, 1.54) is 5.56 Å². The zero-order chi connectivity index (χ0) is 11.1. The number of nitrogens with one attached hydrogen (secondary N) is 1. The van der Waals surface area contributed by atoms with E-state index in [1.54, 1.807) is 0 Å². The van der Waals surface area contributed by atoms with Crippen molar-refractivity contribution in [3.63, 3.8) is 0 Å². The van der Waals surface area contributed by atoms with Gasteiger partial charge in [-0.2, -0.15) is 0 Å². The number of hydrogen-bond donors (Lipinski definition) is 2. The normalized spacial score (nSPS) is 13.1. The first kappa shape index (κ1) is 12.2. The van der Waals surface area contributed by atoms with Crippen molar-refractivity contribution in [2.45, 2.75) is 19.8 Å². The van der Waals surface area contributed by atoms with Gasteiger partial charge in [-0.05, 0) is 18.0 Å². The lowest BCUT2D eigenvalue weighted by molar-refractivity contribution is 0.260. The summed E-state index contributed by atoms with van der Waals surface area (Å²) >= 11 is 0. The van der Waals surface area contributed by atoms with Gasteiger partial charge in [-0.25, -0.2) is 0 Å². The molecule has 0 aliphatic heterocycles. The van der Waals surface area contributed by atoms with Crippen molar-refractivity contribution in [2.24, 2.45) is 5.92 Å². The van der Waals surface area contributed by atoms with Gasteiger partial charge in [-0.3, -0.25) is 0 Å². The van der Waals surface area contributed by atoms with Gasteiger partial charge in [-0.15, -0.1) is 0 Å². The fraction of sp³-hybridized carbons (Fsp3) is 0.538. The van der Waals surface area contributed by atoms with Gasteiger partial charge in [0.25, 0.3) is 0 Å². The minimum Gasteiger partial charge on any atom is -0.396 e. The van der Waals surface area contributed by atoms with Crippen LogP contribution in [0.25, 0.3) is 0 Å². The van der Waals surface area contributed by atoms with Crippen molar-refractivity contribution in [1.29, 1.82) is 0 Å². The van der Waals surface area contributed by atoms with Gasteiger partial charge in [0.1, 0.15) is 0 Å². The maximum absolute atomic E-state index is 9.30. The van der Waals surface area contributed by atoms with Crippen LogP contribution in [-0.2, 0) is 0 Å². The molecule has 15 heavy (non-hydrogen) atoms. The molecule has 0 heterocycles. The predicted molar refractivity (Wildman–Crippen MR) is 64.0 cm³/mol. The van der Waals surface area contributed by atoms with Crippen molar-refractivity contribution < 1.29 is 5.11 Å². The van der Waals surface area contributed by atoms with Crippen molar-refractivity contribution >= 4 is 0 Å². The summed E-state index contributed by atoms with van der Waals surface area (Å²) < 4.78 is 0. The first-order valence-electron chi connectivity index (χ1n) is 5.60. The second-order valence-electron chi connectivity index (χ2n) is 4.34. The van der Waals surface area contributed by atoms with Crippen molar-refractivity contribution in [1.82, 2.24) is 5.32 Å². The second kappa shape index (κ2) is 6.59. The number of aliphatic hydroxyl groups is 1. The van der Waals surface area contributed by atoms with E-state index in [0.29, 0.717) is 5.92 Å². The second-order valence-corrected chi connectivity index (χ2v) is 4.34. The molecule has 0 fully saturated rings. The highest BCUT2D eigenvalue weighted by Crippen LogP contribution is 2.13. The van der Waals surface area contributed by atoms with Gasteiger partial charge in [-0.1, -0.05) is 44.2 Å². The molecule has 0 saturated heterocycles. The molecule has 1 atom stereocenters. The van der Waals surface area contributed by atoms with Crippen LogP contribution < -0.4 is 5.32 Å². The predicted octanol–water partition coefficient (Wildman–Crippen LogP) is 2.01. The third-order valence-corrected chi connectivity index (χ3v) is 2.43. The van der Waals surface area contributed by atoms with Crippen molar-refractivity contribution in [3.8, 4) is 0 Å². The van der Waals surface area contributed by atoms with Crippen LogP contribution >= 0.6 is 0 Å². The van der Waals surface area contributed by atoms with E-state index in [4.69, 9.17) is 0 Å². The van der Waals surface area contributed by atoms with Crippen molar-refractivity contribution in [3.05, 3.63) is 35.9 Å². The van der Waals surface area contributed by atoms with Gasteiger partial charge in [0.2, 0.25) is 0 Å². The van der Waals surface area contributed by atoms with E-state index >= 15 is 0 Å². The molecule has 1 rings (SSSR count). The van der Waals surface area contributed by atoms with Gasteiger partial charge in [0.05, 0.1) is 6.61 Å². The number of aliphatic hydroxyl groups excluding tert-OH is 1. The van der Waals surface area contributed by atoms with Crippen LogP contribution in [0.2, 0.25) is 0 Å². The third-order valence-electron chi connectivity index (χ3n) is 2.43. The van der Waals surface area contributed by atoms with Crippen LogP contribution in [-0.4, -0.2) is 24.8 Å². The maximum Gasteiger partial charge on any atom is 0.0511 e. The molecular formula is C13H21NO. The van der Waals surface area contributed by atoms with Gasteiger partial charge in [0, 0.05) is 12.5 Å². The Labute approximate surface area is 92.3 Å². The summed E-state index contributed by atoms with van der Waals surface area (Å²) in [6.45, 7) is 6.42. The summed E-state index contributed by atoms with van der Waals surface area (Å²) in [6, 6.07) is 10.2. The maximum atomic E-state index is 9.30. The molecule has 0 bridgehead atoms. The van der Waals surface area contributed by atoms with Crippen LogP contribution in [0, 0.1) is 5.92 Å². The topological polar surface area (TPSA) is 32.3 Å². The van der Waals surface area contributed by atoms with Crippen LogP contribution in [0.5, 0.6) is 0 Å². The van der Waals surface area contributed by atoms with Crippen LogP contribution in [0.15, 0.2) is 30.3 Å². The average molecular weight is 207 g/mol. The molecule has 0 saturated carbocycles. The highest BCUT2D eigenvalue weighted by atomic mass is 16.3. The van der Waals surface area contributed by atoms with Crippen LogP contribution in [0.3, 0.4) is 0 Å². The highest BCUT2D eigenvalue weighted by molar-refractivity contribution is 5.19. The molecule has 0 radical (unpaired) electrons. The number of hydrogen-bond acceptors (Lipinski definition) is 2. The summed E-state index contributed by atoms with van der Waals surface area (Å²) in [5, 5.41) is 12.7. The van der Waals surface area contributed by atoms with E-state index < -0.39 is 0 Å². The van der Waals surface area contributed by atoms with E-state index in [9.17, 15) is 5.11 Å². The fourth-order valence-electron chi connectivity index (χ4n) is 1.56. The monoisotopic (exact) mass is 207 g/mol. The zero-order valence-corrected chi connectivity index (χ0v) is 9.61. The molecule has 0 spiro atoms. The number of benzene rings is 1. The lowest BCUT2D eigenvalue weighted by atomic mass is 10.00. The van der Waals surface area contributed by atoms with E-state index in [2.05, 4.69) is 31.3 Å². The summed E-state index contributed by atoms with van der Waals surface area (Å²) in [7, 11) is 0. The Hall–Kier alpha value is -0.860. The SMILES string of the molecule is CC(C)CNCC(CO)c1ccccc1. The average Bonchev–Trinajstić information content (AvgIpc) is 2.25. The number of rotatable bonds is 6. The summed E-state index contributed by atoms with van der Waals surface area (Å²) in [6.07, 6.45) is 0. The van der Waals surface area contributed by atoms with Gasteiger partial charge >= 0.3 is 0 Å². The smallest absolute Gasteiger partial charge is 0.0511 e. The molecule has 0 aliphatic rings. The Kier molecular flexibility index (Phi) is 5.37. The third kappa shape index (κ3) is 4.45. The fourth-order valence-corrected chi connectivity index (χ4v) is 1.56. The Bertz CT molecular complexity index is 258. The largest absolute Gasteiger partial charge is 0.396 e. The minimum atomic E-state index is 0.203. The summed E-state index contributed by atoms with van der Waals surface area (Å²) in [5.74, 6) is 0.866. The van der Waals surface area contributed by atoms with E-state index in [1.807, 2.05) is 18.2 Å². The standard InChI is InChI=1S/C13H21NO/c1-11(2)8-14-9-13(10-15)12-6-4-3-5-7-12/h3-7,11,13-15H,8-10H2,1-2H3. The Balaban J connectivity index is 2.43. The van der Waals surface area contributed by atoms with E-state index in [-0.39, 0.29) is 12.5 Å².